The van der Waals surface area contributed by atoms with Crippen LogP contribution in [0.1, 0.15) is 74.7 Å². The molecule has 0 aromatic heterocycles. The molecule has 1 nitrogen and oxygen atoms in total. The predicted octanol–water partition coefficient (Wildman–Crippen LogP) is 5.09. The number of rotatable bonds is 7. The van der Waals surface area contributed by atoms with Gasteiger partial charge in [-0.15, -0.1) is 0 Å². The monoisotopic (exact) mass is 240 g/mol. The molecule has 0 heterocycles. The smallest absolute Gasteiger partial charge is 0.139 e. The van der Waals surface area contributed by atoms with Gasteiger partial charge in [-0.05, 0) is 23.7 Å². The van der Waals surface area contributed by atoms with E-state index < -0.39 is 0 Å². The fourth-order valence-corrected chi connectivity index (χ4v) is 2.28. The van der Waals surface area contributed by atoms with Gasteiger partial charge >= 0.3 is 0 Å². The summed E-state index contributed by atoms with van der Waals surface area (Å²) in [7, 11) is 0. The van der Waals surface area contributed by atoms with Gasteiger partial charge < -0.3 is 0 Å². The van der Waals surface area contributed by atoms with E-state index in [0.717, 1.165) is 12.8 Å². The summed E-state index contributed by atoms with van der Waals surface area (Å²) in [5.74, 6) is 1.45. The quantitative estimate of drug-likeness (QED) is 0.605. The Morgan fingerprint density at radius 1 is 1.06 bits per heavy atom. The molecular weight excluding hydrogens is 208 g/mol. The lowest BCUT2D eigenvalue weighted by Crippen LogP contribution is -2.37. The van der Waals surface area contributed by atoms with Crippen molar-refractivity contribution in [2.24, 2.45) is 22.7 Å². The molecule has 1 heteroatoms. The number of ketones is 1. The van der Waals surface area contributed by atoms with E-state index in [4.69, 9.17) is 0 Å². The number of hydrogen-bond acceptors (Lipinski definition) is 1. The normalized spacial score (nSPS) is 16.4. The predicted molar refractivity (Wildman–Crippen MR) is 76.1 cm³/mol. The van der Waals surface area contributed by atoms with Crippen LogP contribution in [0, 0.1) is 22.7 Å². The zero-order valence-corrected chi connectivity index (χ0v) is 13.2. The van der Waals surface area contributed by atoms with Crippen LogP contribution < -0.4 is 0 Å². The fraction of sp³-hybridized carbons (Fsp3) is 0.938. The summed E-state index contributed by atoms with van der Waals surface area (Å²) in [6, 6.07) is 0. The van der Waals surface area contributed by atoms with Gasteiger partial charge in [0, 0.05) is 11.8 Å². The van der Waals surface area contributed by atoms with E-state index in [2.05, 4.69) is 55.4 Å². The molecule has 0 aromatic carbocycles. The minimum Gasteiger partial charge on any atom is -0.299 e. The first kappa shape index (κ1) is 16.7. The summed E-state index contributed by atoms with van der Waals surface area (Å²) in [5, 5.41) is 0. The third-order valence-corrected chi connectivity index (χ3v) is 4.34. The SMILES string of the molecule is CCC(C)(C)CC(=O)C(C)(CC(C)C)C(C)C. The molecule has 0 aliphatic carbocycles. The summed E-state index contributed by atoms with van der Waals surface area (Å²) in [6.45, 7) is 17.5. The van der Waals surface area contributed by atoms with E-state index in [9.17, 15) is 4.79 Å². The van der Waals surface area contributed by atoms with E-state index in [1.165, 1.54) is 0 Å². The molecule has 17 heavy (non-hydrogen) atoms. The Balaban J connectivity index is 4.90. The van der Waals surface area contributed by atoms with Gasteiger partial charge in [0.2, 0.25) is 0 Å². The zero-order valence-electron chi connectivity index (χ0n) is 13.2. The van der Waals surface area contributed by atoms with Gasteiger partial charge in [-0.1, -0.05) is 61.8 Å². The molecule has 0 rings (SSSR count). The first-order chi connectivity index (χ1) is 7.55. The van der Waals surface area contributed by atoms with Crippen LogP contribution in [-0.4, -0.2) is 5.78 Å². The van der Waals surface area contributed by atoms with Crippen molar-refractivity contribution in [2.45, 2.75) is 74.7 Å². The molecule has 0 N–H and O–H groups in total. The number of carbonyl (C=O) groups excluding carboxylic acids is 1. The summed E-state index contributed by atoms with van der Waals surface area (Å²) in [5.41, 5.74) is -0.00911. The van der Waals surface area contributed by atoms with Gasteiger partial charge in [0.05, 0.1) is 0 Å². The largest absolute Gasteiger partial charge is 0.299 e. The zero-order chi connectivity index (χ0) is 13.9. The van der Waals surface area contributed by atoms with Crippen molar-refractivity contribution in [1.82, 2.24) is 0 Å². The topological polar surface area (TPSA) is 17.1 Å². The molecule has 0 bridgehead atoms. The maximum absolute atomic E-state index is 12.6. The van der Waals surface area contributed by atoms with E-state index >= 15 is 0 Å². The molecule has 102 valence electrons. The highest BCUT2D eigenvalue weighted by molar-refractivity contribution is 5.85. The van der Waals surface area contributed by atoms with Crippen LogP contribution in [0.15, 0.2) is 0 Å². The van der Waals surface area contributed by atoms with Crippen molar-refractivity contribution in [3.63, 3.8) is 0 Å². The van der Waals surface area contributed by atoms with Crippen molar-refractivity contribution < 1.29 is 4.79 Å². The molecule has 0 aliphatic heterocycles. The lowest BCUT2D eigenvalue weighted by Gasteiger charge is -2.36. The molecule has 1 atom stereocenters. The second-order valence-electron chi connectivity index (χ2n) is 7.29. The third-order valence-electron chi connectivity index (χ3n) is 4.34. The highest BCUT2D eigenvalue weighted by Crippen LogP contribution is 2.39. The third kappa shape index (κ3) is 4.81. The van der Waals surface area contributed by atoms with E-state index in [-0.39, 0.29) is 10.8 Å². The summed E-state index contributed by atoms with van der Waals surface area (Å²) < 4.78 is 0. The van der Waals surface area contributed by atoms with Crippen LogP contribution >= 0.6 is 0 Å². The van der Waals surface area contributed by atoms with E-state index in [1.54, 1.807) is 0 Å². The lowest BCUT2D eigenvalue weighted by atomic mass is 9.66. The Morgan fingerprint density at radius 2 is 1.53 bits per heavy atom. The first-order valence-electron chi connectivity index (χ1n) is 7.08. The molecular formula is C16H32O. The minimum atomic E-state index is -0.152. The molecule has 0 spiro atoms. The molecule has 0 aromatic rings. The average molecular weight is 240 g/mol. The maximum atomic E-state index is 12.6. The number of carbonyl (C=O) groups is 1. The van der Waals surface area contributed by atoms with Crippen LogP contribution in [0.25, 0.3) is 0 Å². The standard InChI is InChI=1S/C16H32O/c1-9-15(6,7)11-14(17)16(8,13(4)5)10-12(2)3/h12-13H,9-11H2,1-8H3. The Bertz CT molecular complexity index is 250. The molecule has 0 radical (unpaired) electrons. The van der Waals surface area contributed by atoms with E-state index in [1.807, 2.05) is 0 Å². The minimum absolute atomic E-state index is 0.143. The highest BCUT2D eigenvalue weighted by atomic mass is 16.1. The molecule has 0 amide bonds. The Kier molecular flexibility index (Phi) is 5.90. The van der Waals surface area contributed by atoms with Crippen molar-refractivity contribution >= 4 is 5.78 Å². The Morgan fingerprint density at radius 3 is 1.82 bits per heavy atom. The van der Waals surface area contributed by atoms with Crippen molar-refractivity contribution in [3.8, 4) is 0 Å². The summed E-state index contributed by atoms with van der Waals surface area (Å²) in [4.78, 5) is 12.6. The van der Waals surface area contributed by atoms with Crippen LogP contribution in [-0.2, 0) is 4.79 Å². The second-order valence-corrected chi connectivity index (χ2v) is 7.29. The fourth-order valence-electron chi connectivity index (χ4n) is 2.28. The van der Waals surface area contributed by atoms with Gasteiger partial charge in [0.1, 0.15) is 5.78 Å². The summed E-state index contributed by atoms with van der Waals surface area (Å²) in [6.07, 6.45) is 2.78. The number of Topliss-reactive ketones (excluding diaryl/α,β-unsaturated/α-hetero) is 1. The average Bonchev–Trinajstić information content (AvgIpc) is 2.15. The van der Waals surface area contributed by atoms with Gasteiger partial charge in [-0.25, -0.2) is 0 Å². The van der Waals surface area contributed by atoms with Gasteiger partial charge in [-0.2, -0.15) is 0 Å². The van der Waals surface area contributed by atoms with E-state index in [0.29, 0.717) is 24.0 Å². The van der Waals surface area contributed by atoms with Crippen LogP contribution in [0.3, 0.4) is 0 Å². The van der Waals surface area contributed by atoms with Gasteiger partial charge in [-0.3, -0.25) is 4.79 Å². The summed E-state index contributed by atoms with van der Waals surface area (Å²) >= 11 is 0. The molecule has 1 unspecified atom stereocenters. The van der Waals surface area contributed by atoms with Crippen LogP contribution in [0.5, 0.6) is 0 Å². The van der Waals surface area contributed by atoms with Crippen LogP contribution in [0.2, 0.25) is 0 Å². The Labute approximate surface area is 108 Å². The molecule has 0 saturated carbocycles. The molecule has 0 saturated heterocycles. The Hall–Kier alpha value is -0.330. The first-order valence-corrected chi connectivity index (χ1v) is 7.08. The van der Waals surface area contributed by atoms with Crippen molar-refractivity contribution in [3.05, 3.63) is 0 Å². The maximum Gasteiger partial charge on any atom is 0.139 e. The second kappa shape index (κ2) is 6.02. The lowest BCUT2D eigenvalue weighted by molar-refractivity contribution is -0.133. The van der Waals surface area contributed by atoms with Gasteiger partial charge in [0.15, 0.2) is 0 Å². The van der Waals surface area contributed by atoms with Crippen LogP contribution in [0.4, 0.5) is 0 Å². The van der Waals surface area contributed by atoms with Crippen molar-refractivity contribution in [1.29, 1.82) is 0 Å². The number of hydrogen-bond donors (Lipinski definition) is 0. The van der Waals surface area contributed by atoms with Gasteiger partial charge in [0.25, 0.3) is 0 Å². The molecule has 0 aliphatic rings. The highest BCUT2D eigenvalue weighted by Gasteiger charge is 2.38. The van der Waals surface area contributed by atoms with Crippen molar-refractivity contribution in [2.75, 3.05) is 0 Å². The molecule has 0 fully saturated rings.